The number of aliphatic imine (C=N–C) groups is 1. The number of hydrogen-bond donors (Lipinski definition) is 1. The summed E-state index contributed by atoms with van der Waals surface area (Å²) in [5, 5.41) is 14.0. The minimum atomic E-state index is -0.511. The molecule has 7 heteroatoms. The second-order valence-corrected chi connectivity index (χ2v) is 4.81. The SMILES string of the molecule is O=C1Nc2ccc([N+](=O)[O-])cc2C1=Nc1ccc(Cl)cc1. The predicted octanol–water partition coefficient (Wildman–Crippen LogP) is 3.32. The number of carbonyl (C=O) groups excluding carboxylic acids is 1. The van der Waals surface area contributed by atoms with Gasteiger partial charge in [-0.15, -0.1) is 0 Å². The number of hydrogen-bond acceptors (Lipinski definition) is 4. The number of nitrogens with one attached hydrogen (secondary N) is 1. The first-order valence-corrected chi connectivity index (χ1v) is 6.37. The molecule has 0 atom stereocenters. The number of fused-ring (bicyclic) bond motifs is 1. The third-order valence-electron chi connectivity index (χ3n) is 3.00. The van der Waals surface area contributed by atoms with Gasteiger partial charge in [0.05, 0.1) is 16.3 Å². The predicted molar refractivity (Wildman–Crippen MR) is 79.4 cm³/mol. The average molecular weight is 302 g/mol. The first-order chi connectivity index (χ1) is 10.0. The zero-order chi connectivity index (χ0) is 15.0. The van der Waals surface area contributed by atoms with Crippen molar-refractivity contribution in [3.63, 3.8) is 0 Å². The summed E-state index contributed by atoms with van der Waals surface area (Å²) in [7, 11) is 0. The fourth-order valence-electron chi connectivity index (χ4n) is 2.01. The molecule has 1 heterocycles. The maximum absolute atomic E-state index is 11.9. The van der Waals surface area contributed by atoms with Crippen LogP contribution in [0.4, 0.5) is 17.1 Å². The standard InChI is InChI=1S/C14H8ClN3O3/c15-8-1-3-9(4-2-8)16-13-11-7-10(18(20)21)5-6-12(11)17-14(13)19/h1-7H,(H,16,17,19). The van der Waals surface area contributed by atoms with E-state index in [1.165, 1.54) is 18.2 Å². The third kappa shape index (κ3) is 2.48. The Bertz CT molecular complexity index is 785. The molecule has 1 aliphatic heterocycles. The van der Waals surface area contributed by atoms with Crippen LogP contribution in [-0.4, -0.2) is 16.5 Å². The van der Waals surface area contributed by atoms with Crippen molar-refractivity contribution in [1.29, 1.82) is 0 Å². The number of non-ortho nitro benzene ring substituents is 1. The van der Waals surface area contributed by atoms with Crippen LogP contribution in [0.2, 0.25) is 5.02 Å². The first-order valence-electron chi connectivity index (χ1n) is 5.99. The minimum Gasteiger partial charge on any atom is -0.320 e. The molecule has 0 saturated carbocycles. The summed E-state index contributed by atoms with van der Waals surface area (Å²) >= 11 is 5.79. The zero-order valence-electron chi connectivity index (χ0n) is 10.5. The van der Waals surface area contributed by atoms with Crippen LogP contribution in [0.5, 0.6) is 0 Å². The third-order valence-corrected chi connectivity index (χ3v) is 3.25. The molecule has 0 fully saturated rings. The Morgan fingerprint density at radius 3 is 2.52 bits per heavy atom. The molecule has 6 nitrogen and oxygen atoms in total. The van der Waals surface area contributed by atoms with Crippen molar-refractivity contribution >= 4 is 40.3 Å². The van der Waals surface area contributed by atoms with E-state index in [1.807, 2.05) is 0 Å². The second kappa shape index (κ2) is 4.99. The van der Waals surface area contributed by atoms with Gasteiger partial charge >= 0.3 is 0 Å². The zero-order valence-corrected chi connectivity index (χ0v) is 11.3. The molecule has 1 amide bonds. The number of carbonyl (C=O) groups is 1. The van der Waals surface area contributed by atoms with Crippen LogP contribution in [0.25, 0.3) is 0 Å². The lowest BCUT2D eigenvalue weighted by atomic mass is 10.1. The highest BCUT2D eigenvalue weighted by Crippen LogP contribution is 2.29. The number of benzene rings is 2. The number of nitrogens with zero attached hydrogens (tertiary/aromatic N) is 2. The van der Waals surface area contributed by atoms with Crippen LogP contribution in [0.1, 0.15) is 5.56 Å². The molecule has 0 aliphatic carbocycles. The Hall–Kier alpha value is -2.73. The summed E-state index contributed by atoms with van der Waals surface area (Å²) in [5.74, 6) is -0.388. The molecule has 2 aromatic carbocycles. The smallest absolute Gasteiger partial charge is 0.275 e. The largest absolute Gasteiger partial charge is 0.320 e. The van der Waals surface area contributed by atoms with E-state index in [0.717, 1.165) is 0 Å². The summed E-state index contributed by atoms with van der Waals surface area (Å²) in [6.07, 6.45) is 0. The number of nitro benzene ring substituents is 1. The number of rotatable bonds is 2. The summed E-state index contributed by atoms with van der Waals surface area (Å²) in [4.78, 5) is 26.5. The van der Waals surface area contributed by atoms with Crippen LogP contribution in [0.15, 0.2) is 47.5 Å². The highest BCUT2D eigenvalue weighted by atomic mass is 35.5. The molecule has 1 aliphatic rings. The molecule has 0 unspecified atom stereocenters. The minimum absolute atomic E-state index is 0.0888. The summed E-state index contributed by atoms with van der Waals surface area (Å²) < 4.78 is 0. The Labute approximate surface area is 124 Å². The molecule has 0 aromatic heterocycles. The lowest BCUT2D eigenvalue weighted by molar-refractivity contribution is -0.384. The lowest BCUT2D eigenvalue weighted by Gasteiger charge is -1.99. The van der Waals surface area contributed by atoms with Crippen LogP contribution in [-0.2, 0) is 4.79 Å². The molecule has 1 N–H and O–H groups in total. The number of nitro groups is 1. The van der Waals surface area contributed by atoms with E-state index in [4.69, 9.17) is 11.6 Å². The van der Waals surface area contributed by atoms with Gasteiger partial charge in [0.15, 0.2) is 0 Å². The highest BCUT2D eigenvalue weighted by molar-refractivity contribution is 6.54. The Balaban J connectivity index is 2.09. The maximum Gasteiger partial charge on any atom is 0.275 e. The van der Waals surface area contributed by atoms with Gasteiger partial charge in [0.2, 0.25) is 0 Å². The topological polar surface area (TPSA) is 84.6 Å². The highest BCUT2D eigenvalue weighted by Gasteiger charge is 2.28. The van der Waals surface area contributed by atoms with Crippen LogP contribution in [0.3, 0.4) is 0 Å². The van der Waals surface area contributed by atoms with E-state index in [0.29, 0.717) is 22.0 Å². The van der Waals surface area contributed by atoms with Crippen molar-refractivity contribution in [2.45, 2.75) is 0 Å². The van der Waals surface area contributed by atoms with Crippen LogP contribution >= 0.6 is 11.6 Å². The number of halogens is 1. The number of amides is 1. The molecule has 0 saturated heterocycles. The van der Waals surface area contributed by atoms with E-state index in [2.05, 4.69) is 10.3 Å². The van der Waals surface area contributed by atoms with E-state index in [-0.39, 0.29) is 17.3 Å². The van der Waals surface area contributed by atoms with Crippen molar-refractivity contribution in [3.05, 3.63) is 63.2 Å². The van der Waals surface area contributed by atoms with Gasteiger partial charge in [-0.1, -0.05) is 11.6 Å². The van der Waals surface area contributed by atoms with Crippen molar-refractivity contribution < 1.29 is 9.72 Å². The van der Waals surface area contributed by atoms with E-state index < -0.39 is 4.92 Å². The van der Waals surface area contributed by atoms with Gasteiger partial charge in [-0.3, -0.25) is 14.9 Å². The van der Waals surface area contributed by atoms with Gasteiger partial charge in [0.1, 0.15) is 5.71 Å². The van der Waals surface area contributed by atoms with Crippen molar-refractivity contribution in [3.8, 4) is 0 Å². The normalized spacial score (nSPS) is 14.9. The van der Waals surface area contributed by atoms with Crippen LogP contribution in [0, 0.1) is 10.1 Å². The average Bonchev–Trinajstić information content (AvgIpc) is 2.77. The molecule has 2 aromatic rings. The van der Waals surface area contributed by atoms with E-state index >= 15 is 0 Å². The summed E-state index contributed by atoms with van der Waals surface area (Å²) in [6.45, 7) is 0. The molecule has 3 rings (SSSR count). The fourth-order valence-corrected chi connectivity index (χ4v) is 2.14. The molecule has 21 heavy (non-hydrogen) atoms. The number of anilines is 1. The first kappa shape index (κ1) is 13.3. The molecule has 0 radical (unpaired) electrons. The van der Waals surface area contributed by atoms with Gasteiger partial charge < -0.3 is 5.32 Å². The van der Waals surface area contributed by atoms with E-state index in [1.54, 1.807) is 24.3 Å². The lowest BCUT2D eigenvalue weighted by Crippen LogP contribution is -2.13. The summed E-state index contributed by atoms with van der Waals surface area (Å²) in [5.41, 5.74) is 1.54. The Morgan fingerprint density at radius 2 is 1.86 bits per heavy atom. The quantitative estimate of drug-likeness (QED) is 0.682. The maximum atomic E-state index is 11.9. The molecular weight excluding hydrogens is 294 g/mol. The Morgan fingerprint density at radius 1 is 1.14 bits per heavy atom. The van der Waals surface area contributed by atoms with Crippen molar-refractivity contribution in [2.24, 2.45) is 4.99 Å². The van der Waals surface area contributed by atoms with Gasteiger partial charge in [-0.2, -0.15) is 0 Å². The fraction of sp³-hybridized carbons (Fsp3) is 0. The van der Waals surface area contributed by atoms with Gasteiger partial charge in [-0.05, 0) is 30.3 Å². The van der Waals surface area contributed by atoms with Crippen molar-refractivity contribution in [2.75, 3.05) is 5.32 Å². The van der Waals surface area contributed by atoms with E-state index in [9.17, 15) is 14.9 Å². The molecule has 0 bridgehead atoms. The molecule has 0 spiro atoms. The van der Waals surface area contributed by atoms with Gasteiger partial charge in [-0.25, -0.2) is 4.99 Å². The molecular formula is C14H8ClN3O3. The summed E-state index contributed by atoms with van der Waals surface area (Å²) in [6, 6.07) is 10.8. The second-order valence-electron chi connectivity index (χ2n) is 4.38. The van der Waals surface area contributed by atoms with Crippen molar-refractivity contribution in [1.82, 2.24) is 0 Å². The van der Waals surface area contributed by atoms with Gasteiger partial charge in [0, 0.05) is 22.7 Å². The van der Waals surface area contributed by atoms with Crippen LogP contribution < -0.4 is 5.32 Å². The Kier molecular flexibility index (Phi) is 3.15. The van der Waals surface area contributed by atoms with Gasteiger partial charge in [0.25, 0.3) is 11.6 Å². The molecule has 104 valence electrons. The monoisotopic (exact) mass is 301 g/mol.